The van der Waals surface area contributed by atoms with Crippen molar-refractivity contribution in [1.29, 1.82) is 0 Å². The van der Waals surface area contributed by atoms with E-state index in [0.29, 0.717) is 12.5 Å². The molecule has 1 saturated heterocycles. The molecule has 1 amide bonds. The van der Waals surface area contributed by atoms with Gasteiger partial charge in [-0.05, 0) is 31.7 Å². The molecular formula is C14H26N2O2. The fourth-order valence-corrected chi connectivity index (χ4v) is 2.72. The van der Waals surface area contributed by atoms with E-state index in [-0.39, 0.29) is 23.8 Å². The average Bonchev–Trinajstić information content (AvgIpc) is 2.98. The molecule has 0 spiro atoms. The van der Waals surface area contributed by atoms with Gasteiger partial charge < -0.3 is 15.3 Å². The molecule has 18 heavy (non-hydrogen) atoms. The second-order valence-electron chi connectivity index (χ2n) is 6.51. The Labute approximate surface area is 110 Å². The summed E-state index contributed by atoms with van der Waals surface area (Å²) in [5.74, 6) is 0.996. The summed E-state index contributed by atoms with van der Waals surface area (Å²) in [6, 6.07) is 0. The van der Waals surface area contributed by atoms with Gasteiger partial charge in [-0.1, -0.05) is 13.8 Å². The molecule has 4 nitrogen and oxygen atoms in total. The third-order valence-electron chi connectivity index (χ3n) is 4.20. The lowest BCUT2D eigenvalue weighted by atomic mass is 10.1. The number of hydrogen-bond donors (Lipinski definition) is 2. The van der Waals surface area contributed by atoms with E-state index >= 15 is 0 Å². The Morgan fingerprint density at radius 1 is 1.50 bits per heavy atom. The zero-order valence-electron chi connectivity index (χ0n) is 11.6. The van der Waals surface area contributed by atoms with Gasteiger partial charge in [0, 0.05) is 25.0 Å². The first kappa shape index (κ1) is 13.8. The van der Waals surface area contributed by atoms with Crippen LogP contribution >= 0.6 is 0 Å². The molecule has 1 saturated carbocycles. The van der Waals surface area contributed by atoms with Crippen LogP contribution in [0.5, 0.6) is 0 Å². The highest BCUT2D eigenvalue weighted by molar-refractivity contribution is 5.79. The Balaban J connectivity index is 1.70. The molecule has 4 heteroatoms. The van der Waals surface area contributed by atoms with Gasteiger partial charge >= 0.3 is 0 Å². The van der Waals surface area contributed by atoms with Crippen LogP contribution in [-0.4, -0.2) is 48.7 Å². The van der Waals surface area contributed by atoms with Gasteiger partial charge in [-0.25, -0.2) is 0 Å². The summed E-state index contributed by atoms with van der Waals surface area (Å²) in [7, 11) is 0. The molecule has 0 aromatic rings. The van der Waals surface area contributed by atoms with Crippen molar-refractivity contribution in [3.05, 3.63) is 0 Å². The molecule has 104 valence electrons. The van der Waals surface area contributed by atoms with Crippen LogP contribution in [-0.2, 0) is 4.79 Å². The van der Waals surface area contributed by atoms with Crippen LogP contribution in [0.1, 0.15) is 33.1 Å². The lowest BCUT2D eigenvalue weighted by Gasteiger charge is -2.18. The maximum atomic E-state index is 12.0. The molecule has 2 rings (SSSR count). The van der Waals surface area contributed by atoms with Crippen molar-refractivity contribution in [2.75, 3.05) is 32.8 Å². The van der Waals surface area contributed by atoms with E-state index in [0.717, 1.165) is 38.9 Å². The van der Waals surface area contributed by atoms with Crippen molar-refractivity contribution in [2.45, 2.75) is 33.1 Å². The van der Waals surface area contributed by atoms with Crippen LogP contribution in [0.2, 0.25) is 0 Å². The van der Waals surface area contributed by atoms with E-state index in [1.54, 1.807) is 0 Å². The molecule has 0 radical (unpaired) electrons. The number of amides is 1. The average molecular weight is 254 g/mol. The highest BCUT2D eigenvalue weighted by Gasteiger charge is 2.42. The van der Waals surface area contributed by atoms with Crippen LogP contribution in [0.25, 0.3) is 0 Å². The number of likely N-dealkylation sites (tertiary alicyclic amines) is 1. The Kier molecular flexibility index (Phi) is 4.28. The van der Waals surface area contributed by atoms with Crippen LogP contribution in [0.15, 0.2) is 0 Å². The number of carbonyl (C=O) groups is 1. The molecular weight excluding hydrogens is 228 g/mol. The van der Waals surface area contributed by atoms with E-state index in [9.17, 15) is 9.90 Å². The van der Waals surface area contributed by atoms with Gasteiger partial charge in [0.1, 0.15) is 0 Å². The number of nitrogens with one attached hydrogen (secondary N) is 1. The van der Waals surface area contributed by atoms with Crippen molar-refractivity contribution < 1.29 is 9.90 Å². The topological polar surface area (TPSA) is 52.6 Å². The Morgan fingerprint density at radius 3 is 2.78 bits per heavy atom. The first-order valence-corrected chi connectivity index (χ1v) is 7.15. The van der Waals surface area contributed by atoms with Crippen LogP contribution in [0.4, 0.5) is 0 Å². The van der Waals surface area contributed by atoms with Gasteiger partial charge in [0.15, 0.2) is 0 Å². The number of nitrogens with zero attached hydrogens (tertiary/aromatic N) is 1. The number of rotatable bonds is 6. The molecule has 0 bridgehead atoms. The minimum absolute atomic E-state index is 0.0197. The van der Waals surface area contributed by atoms with E-state index in [2.05, 4.69) is 24.1 Å². The monoisotopic (exact) mass is 254 g/mol. The first-order valence-electron chi connectivity index (χ1n) is 7.15. The lowest BCUT2D eigenvalue weighted by Crippen LogP contribution is -2.37. The second-order valence-corrected chi connectivity index (χ2v) is 6.51. The Hall–Kier alpha value is -0.610. The highest BCUT2D eigenvalue weighted by Crippen LogP contribution is 2.44. The zero-order chi connectivity index (χ0) is 13.2. The van der Waals surface area contributed by atoms with Crippen molar-refractivity contribution in [3.8, 4) is 0 Å². The van der Waals surface area contributed by atoms with Gasteiger partial charge in [-0.15, -0.1) is 0 Å². The number of aliphatic hydroxyl groups is 1. The Bertz CT molecular complexity index is 300. The summed E-state index contributed by atoms with van der Waals surface area (Å²) in [5, 5.41) is 12.2. The number of carbonyl (C=O) groups excluding carboxylic acids is 1. The summed E-state index contributed by atoms with van der Waals surface area (Å²) >= 11 is 0. The standard InChI is InChI=1S/C14H26N2O2/c1-11(2)7-16-6-3-12(8-16)13(18)15-9-14(10-17)4-5-14/h11-12,17H,3-10H2,1-2H3,(H,15,18). The van der Waals surface area contributed by atoms with Crippen molar-refractivity contribution in [2.24, 2.45) is 17.3 Å². The summed E-state index contributed by atoms with van der Waals surface area (Å²) in [6.07, 6.45) is 3.08. The van der Waals surface area contributed by atoms with Crippen LogP contribution in [0.3, 0.4) is 0 Å². The lowest BCUT2D eigenvalue weighted by molar-refractivity contribution is -0.124. The quantitative estimate of drug-likeness (QED) is 0.739. The summed E-state index contributed by atoms with van der Waals surface area (Å²) < 4.78 is 0. The third kappa shape index (κ3) is 3.45. The van der Waals surface area contributed by atoms with E-state index in [1.807, 2.05) is 0 Å². The molecule has 1 atom stereocenters. The summed E-state index contributed by atoms with van der Waals surface area (Å²) in [5.41, 5.74) is 0.0197. The minimum Gasteiger partial charge on any atom is -0.396 e. The maximum absolute atomic E-state index is 12.0. The molecule has 0 aromatic carbocycles. The SMILES string of the molecule is CC(C)CN1CCC(C(=O)NCC2(CO)CC2)C1. The third-order valence-corrected chi connectivity index (χ3v) is 4.20. The van der Waals surface area contributed by atoms with Gasteiger partial charge in [-0.2, -0.15) is 0 Å². The molecule has 1 unspecified atom stereocenters. The minimum atomic E-state index is 0.0197. The van der Waals surface area contributed by atoms with Gasteiger partial charge in [-0.3, -0.25) is 4.79 Å². The molecule has 1 heterocycles. The van der Waals surface area contributed by atoms with E-state index in [1.165, 1.54) is 0 Å². The zero-order valence-corrected chi connectivity index (χ0v) is 11.6. The Morgan fingerprint density at radius 2 is 2.22 bits per heavy atom. The fourth-order valence-electron chi connectivity index (χ4n) is 2.72. The van der Waals surface area contributed by atoms with Crippen molar-refractivity contribution >= 4 is 5.91 Å². The molecule has 1 aliphatic heterocycles. The smallest absolute Gasteiger partial charge is 0.224 e. The number of hydrogen-bond acceptors (Lipinski definition) is 3. The van der Waals surface area contributed by atoms with Gasteiger partial charge in [0.05, 0.1) is 12.5 Å². The van der Waals surface area contributed by atoms with E-state index in [4.69, 9.17) is 0 Å². The van der Waals surface area contributed by atoms with Gasteiger partial charge in [0.2, 0.25) is 5.91 Å². The van der Waals surface area contributed by atoms with Gasteiger partial charge in [0.25, 0.3) is 0 Å². The molecule has 0 aromatic heterocycles. The van der Waals surface area contributed by atoms with E-state index < -0.39 is 0 Å². The molecule has 1 aliphatic carbocycles. The largest absolute Gasteiger partial charge is 0.396 e. The fraction of sp³-hybridized carbons (Fsp3) is 0.929. The predicted octanol–water partition coefficient (Wildman–Crippen LogP) is 0.853. The van der Waals surface area contributed by atoms with Crippen molar-refractivity contribution in [3.63, 3.8) is 0 Å². The van der Waals surface area contributed by atoms with Crippen LogP contribution < -0.4 is 5.32 Å². The summed E-state index contributed by atoms with van der Waals surface area (Å²) in [4.78, 5) is 14.4. The number of aliphatic hydroxyl groups excluding tert-OH is 1. The van der Waals surface area contributed by atoms with Crippen molar-refractivity contribution in [1.82, 2.24) is 10.2 Å². The normalized spacial score (nSPS) is 26.6. The molecule has 2 N–H and O–H groups in total. The molecule has 2 fully saturated rings. The highest BCUT2D eigenvalue weighted by atomic mass is 16.3. The predicted molar refractivity (Wildman–Crippen MR) is 71.1 cm³/mol. The second kappa shape index (κ2) is 5.57. The summed E-state index contributed by atoms with van der Waals surface area (Å²) in [6.45, 7) is 8.32. The van der Waals surface area contributed by atoms with Crippen LogP contribution in [0, 0.1) is 17.3 Å². The molecule has 2 aliphatic rings. The maximum Gasteiger partial charge on any atom is 0.224 e. The first-order chi connectivity index (χ1) is 8.54.